The molecule has 1 saturated heterocycles. The zero-order valence-corrected chi connectivity index (χ0v) is 19.1. The average molecular weight is 452 g/mol. The predicted molar refractivity (Wildman–Crippen MR) is 126 cm³/mol. The lowest BCUT2D eigenvalue weighted by molar-refractivity contribution is 0.00309. The Bertz CT molecular complexity index is 1290. The second-order valence-corrected chi connectivity index (χ2v) is 8.78. The van der Waals surface area contributed by atoms with Gasteiger partial charge in [0.05, 0.1) is 16.8 Å². The van der Waals surface area contributed by atoms with Crippen LogP contribution in [0, 0.1) is 13.8 Å². The molecule has 0 radical (unpaired) electrons. The maximum absolute atomic E-state index is 9.45. The van der Waals surface area contributed by atoms with Crippen molar-refractivity contribution in [3.8, 4) is 5.82 Å². The molecule has 1 aromatic carbocycles. The minimum atomic E-state index is -0.173. The van der Waals surface area contributed by atoms with Gasteiger partial charge in [0.1, 0.15) is 0 Å². The number of likely N-dealkylation sites (tertiary alicyclic amines) is 1. The van der Waals surface area contributed by atoms with Gasteiger partial charge < -0.3 is 15.0 Å². The first-order valence-corrected chi connectivity index (χ1v) is 11.1. The molecular formula is C23H26ClN7O. The number of benzene rings is 1. The zero-order chi connectivity index (χ0) is 22.4. The monoisotopic (exact) mass is 451 g/mol. The largest absolute Gasteiger partial charge is 0.390 e. The number of hydrogen-bond donors (Lipinski definition) is 2. The summed E-state index contributed by atoms with van der Waals surface area (Å²) in [6.07, 6.45) is 4.47. The summed E-state index contributed by atoms with van der Waals surface area (Å²) >= 11 is 6.50. The Kier molecular flexibility index (Phi) is 5.36. The molecule has 5 rings (SSSR count). The number of rotatable bonds is 6. The van der Waals surface area contributed by atoms with E-state index >= 15 is 0 Å². The van der Waals surface area contributed by atoms with Crippen molar-refractivity contribution < 1.29 is 5.11 Å². The standard InChI is InChI=1S/C23H26ClN7O/c1-14-16(7-9-30-12-18(32)13-30)11-31(28-14)21-6-8-25-23(27-21)26-17-4-5-20-19(10-17)22(24)15(2)29(20)3/h4-6,8,10-11,18,32H,7,9,12-13H2,1-3H3,(H,25,26,27). The van der Waals surface area contributed by atoms with E-state index in [4.69, 9.17) is 11.6 Å². The summed E-state index contributed by atoms with van der Waals surface area (Å²) in [4.78, 5) is 11.3. The topological polar surface area (TPSA) is 84.0 Å². The van der Waals surface area contributed by atoms with Crippen LogP contribution in [0.25, 0.3) is 16.7 Å². The Morgan fingerprint density at radius 1 is 1.22 bits per heavy atom. The SMILES string of the molecule is Cc1nn(-c2ccnc(Nc3ccc4c(c3)c(Cl)c(C)n4C)n2)cc1CCN1CC(O)C1. The molecular weight excluding hydrogens is 426 g/mol. The molecule has 2 N–H and O–H groups in total. The highest BCUT2D eigenvalue weighted by molar-refractivity contribution is 6.36. The van der Waals surface area contributed by atoms with Gasteiger partial charge in [0.2, 0.25) is 5.95 Å². The molecule has 0 spiro atoms. The minimum absolute atomic E-state index is 0.173. The van der Waals surface area contributed by atoms with Crippen molar-refractivity contribution in [2.24, 2.45) is 7.05 Å². The number of nitrogens with one attached hydrogen (secondary N) is 1. The normalized spacial score (nSPS) is 14.8. The van der Waals surface area contributed by atoms with Crippen LogP contribution in [-0.2, 0) is 13.5 Å². The number of aryl methyl sites for hydroxylation is 2. The van der Waals surface area contributed by atoms with Gasteiger partial charge in [0, 0.05) is 67.4 Å². The smallest absolute Gasteiger partial charge is 0.229 e. The van der Waals surface area contributed by atoms with E-state index < -0.39 is 0 Å². The van der Waals surface area contributed by atoms with E-state index in [0.29, 0.717) is 11.8 Å². The zero-order valence-electron chi connectivity index (χ0n) is 18.4. The van der Waals surface area contributed by atoms with Gasteiger partial charge in [-0.3, -0.25) is 4.90 Å². The van der Waals surface area contributed by atoms with E-state index in [1.807, 2.05) is 51.4 Å². The van der Waals surface area contributed by atoms with Gasteiger partial charge in [-0.1, -0.05) is 11.6 Å². The lowest BCUT2D eigenvalue weighted by Crippen LogP contribution is -2.51. The van der Waals surface area contributed by atoms with E-state index in [1.165, 1.54) is 5.56 Å². The van der Waals surface area contributed by atoms with Crippen molar-refractivity contribution in [3.63, 3.8) is 0 Å². The maximum Gasteiger partial charge on any atom is 0.229 e. The molecule has 32 heavy (non-hydrogen) atoms. The Labute approximate surface area is 191 Å². The van der Waals surface area contributed by atoms with E-state index in [2.05, 4.69) is 29.9 Å². The van der Waals surface area contributed by atoms with Gasteiger partial charge in [-0.15, -0.1) is 0 Å². The summed E-state index contributed by atoms with van der Waals surface area (Å²) in [5.74, 6) is 1.20. The molecule has 0 atom stereocenters. The summed E-state index contributed by atoms with van der Waals surface area (Å²) in [5.41, 5.74) is 5.15. The number of aromatic nitrogens is 5. The molecule has 1 aliphatic heterocycles. The molecule has 4 aromatic rings. The summed E-state index contributed by atoms with van der Waals surface area (Å²) in [5, 5.41) is 19.1. The number of hydrogen-bond acceptors (Lipinski definition) is 6. The van der Waals surface area contributed by atoms with Gasteiger partial charge in [-0.05, 0) is 44.0 Å². The van der Waals surface area contributed by atoms with Gasteiger partial charge in [-0.2, -0.15) is 10.1 Å². The first-order chi connectivity index (χ1) is 15.4. The Balaban J connectivity index is 1.34. The highest BCUT2D eigenvalue weighted by Gasteiger charge is 2.24. The number of aliphatic hydroxyl groups is 1. The van der Waals surface area contributed by atoms with Crippen LogP contribution in [0.4, 0.5) is 11.6 Å². The molecule has 1 aliphatic rings. The average Bonchev–Trinajstić information content (AvgIpc) is 3.24. The number of aliphatic hydroxyl groups excluding tert-OH is 1. The third kappa shape index (κ3) is 3.85. The van der Waals surface area contributed by atoms with Crippen LogP contribution in [0.15, 0.2) is 36.7 Å². The fraction of sp³-hybridized carbons (Fsp3) is 0.348. The van der Waals surface area contributed by atoms with E-state index in [-0.39, 0.29) is 6.10 Å². The molecule has 8 nitrogen and oxygen atoms in total. The molecule has 0 aliphatic carbocycles. The highest BCUT2D eigenvalue weighted by atomic mass is 35.5. The third-order valence-corrected chi connectivity index (χ3v) is 6.66. The molecule has 0 saturated carbocycles. The summed E-state index contributed by atoms with van der Waals surface area (Å²) < 4.78 is 3.88. The molecule has 4 heterocycles. The molecule has 3 aromatic heterocycles. The van der Waals surface area contributed by atoms with Crippen LogP contribution in [-0.4, -0.2) is 60.1 Å². The van der Waals surface area contributed by atoms with E-state index in [9.17, 15) is 5.11 Å². The number of β-amino-alcohol motifs (C(OH)–C–C–N with tert-alkyl or cyclic N) is 1. The first-order valence-electron chi connectivity index (χ1n) is 10.7. The molecule has 0 unspecified atom stereocenters. The van der Waals surface area contributed by atoms with Crippen molar-refractivity contribution in [3.05, 3.63) is 58.6 Å². The van der Waals surface area contributed by atoms with Crippen molar-refractivity contribution in [1.29, 1.82) is 0 Å². The highest BCUT2D eigenvalue weighted by Crippen LogP contribution is 2.32. The quantitative estimate of drug-likeness (QED) is 0.467. The van der Waals surface area contributed by atoms with Gasteiger partial charge >= 0.3 is 0 Å². The van der Waals surface area contributed by atoms with Crippen molar-refractivity contribution in [2.75, 3.05) is 25.0 Å². The minimum Gasteiger partial charge on any atom is -0.390 e. The van der Waals surface area contributed by atoms with E-state index in [1.54, 1.807) is 10.9 Å². The van der Waals surface area contributed by atoms with Crippen LogP contribution in [0.3, 0.4) is 0 Å². The van der Waals surface area contributed by atoms with Crippen LogP contribution in [0.5, 0.6) is 0 Å². The Morgan fingerprint density at radius 3 is 2.81 bits per heavy atom. The summed E-state index contributed by atoms with van der Waals surface area (Å²) in [7, 11) is 2.01. The van der Waals surface area contributed by atoms with Crippen LogP contribution in [0.1, 0.15) is 17.0 Å². The van der Waals surface area contributed by atoms with Crippen LogP contribution in [0.2, 0.25) is 5.02 Å². The van der Waals surface area contributed by atoms with Crippen molar-refractivity contribution in [2.45, 2.75) is 26.4 Å². The number of halogens is 1. The van der Waals surface area contributed by atoms with Crippen molar-refractivity contribution >= 4 is 34.1 Å². The second-order valence-electron chi connectivity index (χ2n) is 8.40. The molecule has 166 valence electrons. The number of nitrogens with zero attached hydrogens (tertiary/aromatic N) is 6. The lowest BCUT2D eigenvalue weighted by Gasteiger charge is -2.35. The Hall–Kier alpha value is -2.94. The van der Waals surface area contributed by atoms with Gasteiger partial charge in [0.25, 0.3) is 0 Å². The maximum atomic E-state index is 9.45. The third-order valence-electron chi connectivity index (χ3n) is 6.18. The predicted octanol–water partition coefficient (Wildman–Crippen LogP) is 3.39. The fourth-order valence-corrected chi connectivity index (χ4v) is 4.41. The van der Waals surface area contributed by atoms with Gasteiger partial charge in [-0.25, -0.2) is 9.67 Å². The lowest BCUT2D eigenvalue weighted by atomic mass is 10.1. The first kappa shape index (κ1) is 20.9. The second kappa shape index (κ2) is 8.20. The fourth-order valence-electron chi connectivity index (χ4n) is 4.13. The molecule has 1 fully saturated rings. The van der Waals surface area contributed by atoms with Gasteiger partial charge in [0.15, 0.2) is 5.82 Å². The molecule has 0 amide bonds. The van der Waals surface area contributed by atoms with Crippen LogP contribution >= 0.6 is 11.6 Å². The molecule has 9 heteroatoms. The van der Waals surface area contributed by atoms with Crippen LogP contribution < -0.4 is 5.32 Å². The number of fused-ring (bicyclic) bond motifs is 1. The summed E-state index contributed by atoms with van der Waals surface area (Å²) in [6.45, 7) is 6.46. The molecule has 0 bridgehead atoms. The summed E-state index contributed by atoms with van der Waals surface area (Å²) in [6, 6.07) is 7.90. The van der Waals surface area contributed by atoms with E-state index in [0.717, 1.165) is 59.1 Å². The number of anilines is 2. The Morgan fingerprint density at radius 2 is 2.03 bits per heavy atom. The van der Waals surface area contributed by atoms with Crippen molar-refractivity contribution in [1.82, 2.24) is 29.2 Å².